The number of nitrogens with one attached hydrogen (secondary N) is 1. The Hall–Kier alpha value is -1.62. The van der Waals surface area contributed by atoms with Gasteiger partial charge >= 0.3 is 0 Å². The van der Waals surface area contributed by atoms with E-state index in [1.165, 1.54) is 12.1 Å². The number of aldehydes is 1. The second kappa shape index (κ2) is 4.27. The summed E-state index contributed by atoms with van der Waals surface area (Å²) in [6, 6.07) is 4.39. The van der Waals surface area contributed by atoms with E-state index in [0.717, 1.165) is 11.8 Å². The number of hydrogen-bond donors (Lipinski definition) is 1. The smallest absolute Gasteiger partial charge is 0.170 e. The normalized spacial score (nSPS) is 10.2. The Bertz CT molecular complexity index is 470. The minimum absolute atomic E-state index is 0.294. The number of aromatic nitrogens is 2. The summed E-state index contributed by atoms with van der Waals surface area (Å²) in [5, 5.41) is 0.559. The number of carbonyl (C=O) groups is 1. The number of hydrogen-bond acceptors (Lipinski definition) is 3. The fourth-order valence-corrected chi connectivity index (χ4v) is 1.96. The molecule has 0 radical (unpaired) electrons. The number of halogens is 1. The maximum atomic E-state index is 13.4. The summed E-state index contributed by atoms with van der Waals surface area (Å²) in [6.45, 7) is 0. The van der Waals surface area contributed by atoms with Crippen LogP contribution in [0.1, 0.15) is 10.4 Å². The molecule has 0 unspecified atom stereocenters. The largest absolute Gasteiger partial charge is 0.339 e. The number of benzene rings is 1. The fraction of sp³-hybridized carbons (Fsp3) is 0. The topological polar surface area (TPSA) is 45.8 Å². The molecule has 5 heteroatoms. The van der Waals surface area contributed by atoms with Crippen molar-refractivity contribution >= 4 is 18.0 Å². The van der Waals surface area contributed by atoms with Gasteiger partial charge in [-0.1, -0.05) is 12.1 Å². The van der Waals surface area contributed by atoms with Crippen LogP contribution in [0.2, 0.25) is 0 Å². The molecule has 0 aliphatic rings. The van der Waals surface area contributed by atoms with Crippen LogP contribution in [0.4, 0.5) is 4.39 Å². The summed E-state index contributed by atoms with van der Waals surface area (Å²) >= 11 is 1.10. The molecule has 0 aliphatic heterocycles. The van der Waals surface area contributed by atoms with E-state index in [0.29, 0.717) is 21.9 Å². The molecule has 1 heterocycles. The van der Waals surface area contributed by atoms with Gasteiger partial charge in [0.2, 0.25) is 0 Å². The van der Waals surface area contributed by atoms with Gasteiger partial charge in [0.15, 0.2) is 11.4 Å². The second-order valence-electron chi connectivity index (χ2n) is 2.77. The zero-order chi connectivity index (χ0) is 10.7. The summed E-state index contributed by atoms with van der Waals surface area (Å²) in [4.78, 5) is 17.8. The van der Waals surface area contributed by atoms with Crippen LogP contribution in [0.15, 0.2) is 40.6 Å². The molecule has 76 valence electrons. The van der Waals surface area contributed by atoms with Crippen LogP contribution in [-0.2, 0) is 0 Å². The first-order valence-electron chi connectivity index (χ1n) is 4.22. The van der Waals surface area contributed by atoms with E-state index in [1.54, 1.807) is 18.5 Å². The number of imidazole rings is 1. The third kappa shape index (κ3) is 2.07. The van der Waals surface area contributed by atoms with Crippen LogP contribution < -0.4 is 0 Å². The van der Waals surface area contributed by atoms with Gasteiger partial charge in [0.05, 0.1) is 4.90 Å². The van der Waals surface area contributed by atoms with E-state index in [1.807, 2.05) is 0 Å². The molecule has 1 aromatic carbocycles. The first-order valence-corrected chi connectivity index (χ1v) is 5.04. The Balaban J connectivity index is 2.38. The molecule has 2 rings (SSSR count). The molecule has 0 atom stereocenters. The molecule has 3 nitrogen and oxygen atoms in total. The lowest BCUT2D eigenvalue weighted by atomic mass is 10.2. The van der Waals surface area contributed by atoms with Crippen molar-refractivity contribution in [2.24, 2.45) is 0 Å². The van der Waals surface area contributed by atoms with E-state index in [-0.39, 0.29) is 0 Å². The highest BCUT2D eigenvalue weighted by Crippen LogP contribution is 2.29. The van der Waals surface area contributed by atoms with Gasteiger partial charge in [-0.05, 0) is 17.8 Å². The summed E-state index contributed by atoms with van der Waals surface area (Å²) in [6.07, 6.45) is 3.85. The van der Waals surface area contributed by atoms with Crippen molar-refractivity contribution < 1.29 is 9.18 Å². The molecular weight excluding hydrogens is 215 g/mol. The lowest BCUT2D eigenvalue weighted by Crippen LogP contribution is -1.90. The third-order valence-electron chi connectivity index (χ3n) is 1.80. The SMILES string of the molecule is O=Cc1cccc(F)c1Sc1ncc[nH]1. The molecule has 1 aromatic heterocycles. The Morgan fingerprint density at radius 2 is 2.33 bits per heavy atom. The van der Waals surface area contributed by atoms with Crippen molar-refractivity contribution in [1.29, 1.82) is 0 Å². The first kappa shape index (κ1) is 9.92. The van der Waals surface area contributed by atoms with Crippen molar-refractivity contribution in [1.82, 2.24) is 9.97 Å². The Labute approximate surface area is 89.7 Å². The standard InChI is InChI=1S/C10H7FN2OS/c11-8-3-1-2-7(6-14)9(8)15-10-12-4-5-13-10/h1-6H,(H,12,13). The summed E-state index contributed by atoms with van der Waals surface area (Å²) in [5.74, 6) is -0.416. The van der Waals surface area contributed by atoms with Crippen molar-refractivity contribution in [2.75, 3.05) is 0 Å². The molecule has 0 spiro atoms. The lowest BCUT2D eigenvalue weighted by molar-refractivity contribution is 0.112. The number of H-pyrrole nitrogens is 1. The van der Waals surface area contributed by atoms with Crippen molar-refractivity contribution in [3.63, 3.8) is 0 Å². The average molecular weight is 222 g/mol. The summed E-state index contributed by atoms with van der Waals surface area (Å²) in [7, 11) is 0. The quantitative estimate of drug-likeness (QED) is 0.811. The molecule has 1 N–H and O–H groups in total. The second-order valence-corrected chi connectivity index (χ2v) is 3.77. The monoisotopic (exact) mass is 222 g/mol. The average Bonchev–Trinajstić information content (AvgIpc) is 2.74. The van der Waals surface area contributed by atoms with Gasteiger partial charge in [-0.25, -0.2) is 9.37 Å². The third-order valence-corrected chi connectivity index (χ3v) is 2.85. The molecule has 0 bridgehead atoms. The maximum absolute atomic E-state index is 13.4. The summed E-state index contributed by atoms with van der Waals surface area (Å²) in [5.41, 5.74) is 0.330. The van der Waals surface area contributed by atoms with Gasteiger partial charge in [0.25, 0.3) is 0 Å². The van der Waals surface area contributed by atoms with Crippen molar-refractivity contribution in [3.8, 4) is 0 Å². The minimum Gasteiger partial charge on any atom is -0.339 e. The van der Waals surface area contributed by atoms with E-state index in [2.05, 4.69) is 9.97 Å². The highest BCUT2D eigenvalue weighted by molar-refractivity contribution is 7.99. The lowest BCUT2D eigenvalue weighted by Gasteiger charge is -2.02. The molecular formula is C10H7FN2OS. The zero-order valence-corrected chi connectivity index (χ0v) is 8.42. The molecule has 0 saturated heterocycles. The van der Waals surface area contributed by atoms with E-state index >= 15 is 0 Å². The maximum Gasteiger partial charge on any atom is 0.170 e. The van der Waals surface area contributed by atoms with Gasteiger partial charge in [-0.2, -0.15) is 0 Å². The van der Waals surface area contributed by atoms with Crippen LogP contribution in [0.5, 0.6) is 0 Å². The molecule has 0 amide bonds. The van der Waals surface area contributed by atoms with E-state index < -0.39 is 5.82 Å². The van der Waals surface area contributed by atoms with Gasteiger partial charge in [0.1, 0.15) is 5.82 Å². The number of rotatable bonds is 3. The molecule has 0 aliphatic carbocycles. The molecule has 0 fully saturated rings. The first-order chi connectivity index (χ1) is 7.31. The zero-order valence-electron chi connectivity index (χ0n) is 7.61. The number of aromatic amines is 1. The molecule has 2 aromatic rings. The Morgan fingerprint density at radius 3 is 3.00 bits per heavy atom. The minimum atomic E-state index is -0.416. The van der Waals surface area contributed by atoms with Gasteiger partial charge in [0, 0.05) is 18.0 Å². The van der Waals surface area contributed by atoms with Crippen molar-refractivity contribution in [2.45, 2.75) is 10.1 Å². The van der Waals surface area contributed by atoms with Crippen LogP contribution in [0.25, 0.3) is 0 Å². The van der Waals surface area contributed by atoms with Crippen LogP contribution in [0, 0.1) is 5.82 Å². The fourth-order valence-electron chi connectivity index (χ4n) is 1.13. The van der Waals surface area contributed by atoms with Crippen molar-refractivity contribution in [3.05, 3.63) is 42.0 Å². The molecule has 15 heavy (non-hydrogen) atoms. The predicted molar refractivity (Wildman–Crippen MR) is 54.5 cm³/mol. The Morgan fingerprint density at radius 1 is 1.47 bits per heavy atom. The Kier molecular flexibility index (Phi) is 2.82. The van der Waals surface area contributed by atoms with Gasteiger partial charge < -0.3 is 4.98 Å². The van der Waals surface area contributed by atoms with Gasteiger partial charge in [-0.3, -0.25) is 4.79 Å². The van der Waals surface area contributed by atoms with Crippen LogP contribution >= 0.6 is 11.8 Å². The van der Waals surface area contributed by atoms with E-state index in [9.17, 15) is 9.18 Å². The van der Waals surface area contributed by atoms with Crippen LogP contribution in [-0.4, -0.2) is 16.3 Å². The van der Waals surface area contributed by atoms with Gasteiger partial charge in [-0.15, -0.1) is 0 Å². The summed E-state index contributed by atoms with van der Waals surface area (Å²) < 4.78 is 13.4. The highest BCUT2D eigenvalue weighted by atomic mass is 32.2. The van der Waals surface area contributed by atoms with E-state index in [4.69, 9.17) is 0 Å². The molecule has 0 saturated carbocycles. The number of nitrogens with zero attached hydrogens (tertiary/aromatic N) is 1. The van der Waals surface area contributed by atoms with Crippen LogP contribution in [0.3, 0.4) is 0 Å². The predicted octanol–water partition coefficient (Wildman–Crippen LogP) is 2.51. The highest BCUT2D eigenvalue weighted by Gasteiger charge is 2.10. The number of carbonyl (C=O) groups excluding carboxylic acids is 1.